The topological polar surface area (TPSA) is 54.0 Å². The minimum Gasteiger partial charge on any atom is -0.478 e. The van der Waals surface area contributed by atoms with Crippen LogP contribution in [0.3, 0.4) is 0 Å². The maximum atomic E-state index is 5.59. The first kappa shape index (κ1) is 14.2. The van der Waals surface area contributed by atoms with Crippen molar-refractivity contribution in [1.29, 1.82) is 0 Å². The molecule has 0 amide bonds. The van der Waals surface area contributed by atoms with E-state index in [1.54, 1.807) is 6.20 Å². The van der Waals surface area contributed by atoms with Crippen molar-refractivity contribution < 1.29 is 4.74 Å². The summed E-state index contributed by atoms with van der Waals surface area (Å²) in [5.41, 5.74) is 3.55. The quantitative estimate of drug-likeness (QED) is 0.879. The van der Waals surface area contributed by atoms with E-state index in [-0.39, 0.29) is 0 Å². The van der Waals surface area contributed by atoms with Gasteiger partial charge in [-0.2, -0.15) is 0 Å². The molecule has 0 unspecified atom stereocenters. The van der Waals surface area contributed by atoms with E-state index < -0.39 is 0 Å². The van der Waals surface area contributed by atoms with Crippen LogP contribution in [0, 0.1) is 4.77 Å². The number of aromatic nitrogens is 3. The molecule has 21 heavy (non-hydrogen) atoms. The van der Waals surface area contributed by atoms with Crippen LogP contribution in [0.25, 0.3) is 0 Å². The molecule has 1 aliphatic heterocycles. The number of aromatic amines is 1. The van der Waals surface area contributed by atoms with Crippen molar-refractivity contribution in [3.8, 4) is 5.88 Å². The largest absolute Gasteiger partial charge is 0.478 e. The Morgan fingerprint density at radius 2 is 2.33 bits per heavy atom. The maximum absolute atomic E-state index is 5.59. The Balaban J connectivity index is 1.75. The lowest BCUT2D eigenvalue weighted by molar-refractivity contribution is 0.235. The van der Waals surface area contributed by atoms with E-state index >= 15 is 0 Å². The highest BCUT2D eigenvalue weighted by Gasteiger charge is 2.18. The van der Waals surface area contributed by atoms with Gasteiger partial charge in [-0.15, -0.1) is 0 Å². The maximum Gasteiger partial charge on any atom is 0.217 e. The first-order valence-corrected chi connectivity index (χ1v) is 7.53. The van der Waals surface area contributed by atoms with Crippen LogP contribution in [0.1, 0.15) is 23.7 Å². The standard InChI is InChI=1S/C15H18N4OS/c1-2-20-14-11(4-3-6-16-14)9-19-7-5-13-12(10-19)8-17-15(21)18-13/h3-4,6,8H,2,5,7,9-10H2,1H3,(H,17,18,21). The fourth-order valence-electron chi connectivity index (χ4n) is 2.59. The number of hydrogen-bond acceptors (Lipinski definition) is 5. The molecule has 0 aliphatic carbocycles. The molecule has 3 heterocycles. The van der Waals surface area contributed by atoms with E-state index in [1.165, 1.54) is 11.3 Å². The highest BCUT2D eigenvalue weighted by Crippen LogP contribution is 2.21. The summed E-state index contributed by atoms with van der Waals surface area (Å²) in [4.78, 5) is 14.0. The molecule has 0 saturated heterocycles. The summed E-state index contributed by atoms with van der Waals surface area (Å²) < 4.78 is 6.16. The molecule has 2 aromatic rings. The highest BCUT2D eigenvalue weighted by molar-refractivity contribution is 7.71. The van der Waals surface area contributed by atoms with Gasteiger partial charge in [0.15, 0.2) is 4.77 Å². The third-order valence-corrected chi connectivity index (χ3v) is 3.79. The van der Waals surface area contributed by atoms with Crippen LogP contribution in [-0.2, 0) is 19.5 Å². The van der Waals surface area contributed by atoms with Crippen molar-refractivity contribution in [3.63, 3.8) is 0 Å². The van der Waals surface area contributed by atoms with Crippen LogP contribution in [0.5, 0.6) is 5.88 Å². The number of nitrogens with one attached hydrogen (secondary N) is 1. The Hall–Kier alpha value is -1.79. The predicted molar refractivity (Wildman–Crippen MR) is 82.6 cm³/mol. The normalized spacial score (nSPS) is 14.7. The summed E-state index contributed by atoms with van der Waals surface area (Å²) in [5.74, 6) is 0.733. The van der Waals surface area contributed by atoms with Gasteiger partial charge in [-0.3, -0.25) is 4.90 Å². The molecule has 0 atom stereocenters. The Bertz CT molecular complexity index is 685. The van der Waals surface area contributed by atoms with Gasteiger partial charge in [0.1, 0.15) is 0 Å². The van der Waals surface area contributed by atoms with Gasteiger partial charge in [0.25, 0.3) is 0 Å². The van der Waals surface area contributed by atoms with Crippen LogP contribution in [0.2, 0.25) is 0 Å². The zero-order chi connectivity index (χ0) is 14.7. The monoisotopic (exact) mass is 302 g/mol. The van der Waals surface area contributed by atoms with Crippen molar-refractivity contribution in [1.82, 2.24) is 19.9 Å². The van der Waals surface area contributed by atoms with E-state index in [4.69, 9.17) is 17.0 Å². The van der Waals surface area contributed by atoms with E-state index in [1.807, 2.05) is 19.2 Å². The van der Waals surface area contributed by atoms with Gasteiger partial charge in [-0.05, 0) is 25.2 Å². The fraction of sp³-hybridized carbons (Fsp3) is 0.400. The van der Waals surface area contributed by atoms with Crippen LogP contribution in [0.4, 0.5) is 0 Å². The first-order chi connectivity index (χ1) is 10.3. The van der Waals surface area contributed by atoms with E-state index in [0.717, 1.165) is 37.5 Å². The molecule has 6 heteroatoms. The molecule has 0 radical (unpaired) electrons. The van der Waals surface area contributed by atoms with Gasteiger partial charge >= 0.3 is 0 Å². The van der Waals surface area contributed by atoms with Crippen molar-refractivity contribution in [2.24, 2.45) is 0 Å². The summed E-state index contributed by atoms with van der Waals surface area (Å²) in [5, 5.41) is 0. The molecule has 3 rings (SSSR count). The van der Waals surface area contributed by atoms with E-state index in [9.17, 15) is 0 Å². The fourth-order valence-corrected chi connectivity index (χ4v) is 2.77. The smallest absolute Gasteiger partial charge is 0.217 e. The second-order valence-corrected chi connectivity index (χ2v) is 5.44. The summed E-state index contributed by atoms with van der Waals surface area (Å²) in [7, 11) is 0. The van der Waals surface area contributed by atoms with Gasteiger partial charge in [0, 0.05) is 55.3 Å². The van der Waals surface area contributed by atoms with Gasteiger partial charge in [0.05, 0.1) is 6.61 Å². The highest BCUT2D eigenvalue weighted by atomic mass is 32.1. The number of H-pyrrole nitrogens is 1. The average Bonchev–Trinajstić information content (AvgIpc) is 2.50. The molecule has 2 aromatic heterocycles. The molecule has 110 valence electrons. The Kier molecular flexibility index (Phi) is 4.26. The molecule has 0 spiro atoms. The van der Waals surface area contributed by atoms with Gasteiger partial charge in [-0.1, -0.05) is 6.07 Å². The lowest BCUT2D eigenvalue weighted by atomic mass is 10.1. The second-order valence-electron chi connectivity index (χ2n) is 5.05. The number of hydrogen-bond donors (Lipinski definition) is 1. The second kappa shape index (κ2) is 6.32. The van der Waals surface area contributed by atoms with Crippen molar-refractivity contribution in [3.05, 3.63) is 46.1 Å². The molecule has 0 fully saturated rings. The average molecular weight is 302 g/mol. The molecule has 0 saturated carbocycles. The lowest BCUT2D eigenvalue weighted by Crippen LogP contribution is -2.31. The zero-order valence-electron chi connectivity index (χ0n) is 12.0. The number of fused-ring (bicyclic) bond motifs is 1. The molecule has 0 bridgehead atoms. The van der Waals surface area contributed by atoms with Crippen LogP contribution >= 0.6 is 12.2 Å². The van der Waals surface area contributed by atoms with E-state index in [2.05, 4.69) is 25.9 Å². The van der Waals surface area contributed by atoms with Crippen LogP contribution < -0.4 is 4.74 Å². The van der Waals surface area contributed by atoms with Crippen molar-refractivity contribution in [2.75, 3.05) is 13.2 Å². The first-order valence-electron chi connectivity index (χ1n) is 7.12. The molecule has 1 aliphatic rings. The predicted octanol–water partition coefficient (Wildman–Crippen LogP) is 2.49. The van der Waals surface area contributed by atoms with E-state index in [0.29, 0.717) is 11.4 Å². The zero-order valence-corrected chi connectivity index (χ0v) is 12.8. The molecular formula is C15H18N4OS. The molecular weight excluding hydrogens is 284 g/mol. The lowest BCUT2D eigenvalue weighted by Gasteiger charge is -2.28. The summed E-state index contributed by atoms with van der Waals surface area (Å²) in [6.07, 6.45) is 4.61. The summed E-state index contributed by atoms with van der Waals surface area (Å²) in [6, 6.07) is 4.03. The number of rotatable bonds is 4. The Labute approximate surface area is 129 Å². The molecule has 5 nitrogen and oxygen atoms in total. The SMILES string of the molecule is CCOc1ncccc1CN1CCc2[nH]c(=S)ncc2C1. The minimum absolute atomic E-state index is 0.563. The van der Waals surface area contributed by atoms with Crippen molar-refractivity contribution in [2.45, 2.75) is 26.4 Å². The third-order valence-electron chi connectivity index (χ3n) is 3.58. The Morgan fingerprint density at radius 1 is 1.43 bits per heavy atom. The number of ether oxygens (including phenoxy) is 1. The Morgan fingerprint density at radius 3 is 3.19 bits per heavy atom. The van der Waals surface area contributed by atoms with Crippen LogP contribution in [0.15, 0.2) is 24.5 Å². The summed E-state index contributed by atoms with van der Waals surface area (Å²) in [6.45, 7) is 5.30. The van der Waals surface area contributed by atoms with Gasteiger partial charge < -0.3 is 9.72 Å². The van der Waals surface area contributed by atoms with Gasteiger partial charge in [-0.25, -0.2) is 9.97 Å². The third kappa shape index (κ3) is 3.28. The number of nitrogens with zero attached hydrogens (tertiary/aromatic N) is 3. The summed E-state index contributed by atoms with van der Waals surface area (Å²) >= 11 is 5.07. The minimum atomic E-state index is 0.563. The van der Waals surface area contributed by atoms with Crippen molar-refractivity contribution >= 4 is 12.2 Å². The molecule has 1 N–H and O–H groups in total. The van der Waals surface area contributed by atoms with Gasteiger partial charge in [0.2, 0.25) is 5.88 Å². The molecule has 0 aromatic carbocycles. The van der Waals surface area contributed by atoms with Crippen LogP contribution in [-0.4, -0.2) is 33.0 Å². The number of pyridine rings is 1.